The molecular weight excluding hydrogens is 245 g/mol. The summed E-state index contributed by atoms with van der Waals surface area (Å²) in [5.41, 5.74) is 0.413. The van der Waals surface area contributed by atoms with Crippen molar-refractivity contribution >= 4 is 5.71 Å². The Kier molecular flexibility index (Phi) is 3.74. The number of nitrogens with zero attached hydrogens (tertiary/aromatic N) is 3. The van der Waals surface area contributed by atoms with Crippen molar-refractivity contribution in [2.24, 2.45) is 4.99 Å². The maximum atomic E-state index is 14.1. The minimum Gasteiger partial charge on any atom is -0.488 e. The molecule has 0 N–H and O–H groups in total. The quantitative estimate of drug-likeness (QED) is 0.465. The first-order chi connectivity index (χ1) is 9.04. The van der Waals surface area contributed by atoms with Crippen LogP contribution in [0.15, 0.2) is 47.8 Å². The van der Waals surface area contributed by atoms with Crippen LogP contribution in [0.2, 0.25) is 0 Å². The van der Waals surface area contributed by atoms with Gasteiger partial charge in [0.1, 0.15) is 23.4 Å². The second kappa shape index (κ2) is 5.30. The number of aliphatic imine (C=N–C) groups is 1. The summed E-state index contributed by atoms with van der Waals surface area (Å²) in [5, 5.41) is 0. The summed E-state index contributed by atoms with van der Waals surface area (Å²) in [5.74, 6) is -0.219. The van der Waals surface area contributed by atoms with Crippen LogP contribution in [0.4, 0.5) is 4.39 Å². The van der Waals surface area contributed by atoms with Gasteiger partial charge in [0, 0.05) is 19.3 Å². The van der Waals surface area contributed by atoms with E-state index in [0.717, 1.165) is 12.8 Å². The lowest BCUT2D eigenvalue weighted by atomic mass is 10.2. The largest absolute Gasteiger partial charge is 0.488 e. The van der Waals surface area contributed by atoms with E-state index in [2.05, 4.69) is 21.5 Å². The fourth-order valence-electron chi connectivity index (χ4n) is 1.61. The molecule has 4 nitrogen and oxygen atoms in total. The van der Waals surface area contributed by atoms with Crippen molar-refractivity contribution in [2.45, 2.75) is 25.4 Å². The van der Waals surface area contributed by atoms with Gasteiger partial charge >= 0.3 is 0 Å². The topological polar surface area (TPSA) is 47.4 Å². The van der Waals surface area contributed by atoms with Crippen LogP contribution in [-0.4, -0.2) is 28.3 Å². The Morgan fingerprint density at radius 2 is 2.32 bits per heavy atom. The summed E-state index contributed by atoms with van der Waals surface area (Å²) >= 11 is 0. The number of aromatic nitrogens is 2. The van der Waals surface area contributed by atoms with Crippen LogP contribution in [0.1, 0.15) is 25.5 Å². The molecule has 0 radical (unpaired) electrons. The van der Waals surface area contributed by atoms with Gasteiger partial charge in [-0.3, -0.25) is 4.99 Å². The zero-order valence-electron chi connectivity index (χ0n) is 11.1. The molecule has 0 unspecified atom stereocenters. The van der Waals surface area contributed by atoms with E-state index in [1.165, 1.54) is 25.6 Å². The van der Waals surface area contributed by atoms with Crippen LogP contribution in [0.3, 0.4) is 0 Å². The van der Waals surface area contributed by atoms with Crippen LogP contribution in [0.5, 0.6) is 0 Å². The molecule has 0 atom stereocenters. The second-order valence-electron chi connectivity index (χ2n) is 4.68. The van der Waals surface area contributed by atoms with Gasteiger partial charge in [0.2, 0.25) is 0 Å². The first-order valence-electron chi connectivity index (χ1n) is 6.03. The Morgan fingerprint density at radius 3 is 2.84 bits per heavy atom. The van der Waals surface area contributed by atoms with Crippen molar-refractivity contribution in [3.63, 3.8) is 0 Å². The van der Waals surface area contributed by atoms with Gasteiger partial charge in [-0.05, 0) is 25.8 Å². The lowest BCUT2D eigenvalue weighted by Crippen LogP contribution is -2.08. The summed E-state index contributed by atoms with van der Waals surface area (Å²) in [6.45, 7) is 5.68. The van der Waals surface area contributed by atoms with Gasteiger partial charge in [-0.1, -0.05) is 6.58 Å². The summed E-state index contributed by atoms with van der Waals surface area (Å²) in [4.78, 5) is 11.7. The highest BCUT2D eigenvalue weighted by Gasteiger charge is 2.40. The zero-order chi connectivity index (χ0) is 13.9. The molecule has 0 spiro atoms. The third kappa shape index (κ3) is 3.47. The maximum Gasteiger partial charge on any atom is 0.154 e. The van der Waals surface area contributed by atoms with Gasteiger partial charge in [0.15, 0.2) is 5.83 Å². The monoisotopic (exact) mass is 261 g/mol. The zero-order valence-corrected chi connectivity index (χ0v) is 11.1. The van der Waals surface area contributed by atoms with E-state index >= 15 is 0 Å². The number of allylic oxidation sites excluding steroid dienone is 2. The average molecular weight is 261 g/mol. The van der Waals surface area contributed by atoms with Crippen molar-refractivity contribution in [3.8, 4) is 0 Å². The van der Waals surface area contributed by atoms with E-state index in [0.29, 0.717) is 11.5 Å². The third-order valence-corrected chi connectivity index (χ3v) is 2.89. The summed E-state index contributed by atoms with van der Waals surface area (Å²) in [7, 11) is 1.51. The summed E-state index contributed by atoms with van der Waals surface area (Å²) < 4.78 is 19.7. The Hall–Kier alpha value is -2.04. The van der Waals surface area contributed by atoms with Crippen molar-refractivity contribution in [1.29, 1.82) is 0 Å². The molecule has 5 heteroatoms. The number of hydrogen-bond acceptors (Lipinski definition) is 4. The van der Waals surface area contributed by atoms with Gasteiger partial charge in [-0.2, -0.15) is 0 Å². The van der Waals surface area contributed by atoms with Gasteiger partial charge in [0.25, 0.3) is 0 Å². The predicted octanol–water partition coefficient (Wildman–Crippen LogP) is 2.83. The Morgan fingerprint density at radius 1 is 1.58 bits per heavy atom. The summed E-state index contributed by atoms with van der Waals surface area (Å²) in [6.07, 6.45) is 6.08. The SMILES string of the molecule is C=C(/C=C(\F)C(=NC)c1ccncn1)OC1(C)CC1. The molecule has 0 amide bonds. The molecule has 2 rings (SSSR count). The van der Waals surface area contributed by atoms with Crippen molar-refractivity contribution in [1.82, 2.24) is 9.97 Å². The molecular formula is C14H16FN3O. The van der Waals surface area contributed by atoms with E-state index in [-0.39, 0.29) is 11.3 Å². The molecule has 1 saturated carbocycles. The van der Waals surface area contributed by atoms with Gasteiger partial charge in [0.05, 0.1) is 5.69 Å². The summed E-state index contributed by atoms with van der Waals surface area (Å²) in [6, 6.07) is 1.60. The highest BCUT2D eigenvalue weighted by molar-refractivity contribution is 6.09. The van der Waals surface area contributed by atoms with E-state index in [1.807, 2.05) is 6.92 Å². The average Bonchev–Trinajstić information content (AvgIpc) is 3.08. The van der Waals surface area contributed by atoms with Crippen LogP contribution in [0.25, 0.3) is 0 Å². The molecule has 0 aromatic carbocycles. The first kappa shape index (κ1) is 13.4. The molecule has 1 fully saturated rings. The molecule has 1 aliphatic carbocycles. The van der Waals surface area contributed by atoms with Gasteiger partial charge in [-0.15, -0.1) is 0 Å². The Bertz CT molecular complexity index is 533. The van der Waals surface area contributed by atoms with Gasteiger partial charge in [-0.25, -0.2) is 14.4 Å². The smallest absolute Gasteiger partial charge is 0.154 e. The van der Waals surface area contributed by atoms with E-state index in [9.17, 15) is 4.39 Å². The van der Waals surface area contributed by atoms with Crippen molar-refractivity contribution in [2.75, 3.05) is 7.05 Å². The molecule has 100 valence electrons. The molecule has 1 aliphatic rings. The second-order valence-corrected chi connectivity index (χ2v) is 4.68. The predicted molar refractivity (Wildman–Crippen MR) is 71.5 cm³/mol. The van der Waals surface area contributed by atoms with Crippen molar-refractivity contribution < 1.29 is 9.13 Å². The molecule has 1 aromatic heterocycles. The molecule has 0 aliphatic heterocycles. The maximum absolute atomic E-state index is 14.1. The minimum absolute atomic E-state index is 0.160. The lowest BCUT2D eigenvalue weighted by Gasteiger charge is -2.12. The normalized spacial score (nSPS) is 18.1. The van der Waals surface area contributed by atoms with E-state index < -0.39 is 5.83 Å². The number of hydrogen-bond donors (Lipinski definition) is 0. The van der Waals surface area contributed by atoms with Crippen molar-refractivity contribution in [3.05, 3.63) is 48.5 Å². The highest BCUT2D eigenvalue weighted by atomic mass is 19.1. The molecule has 1 heterocycles. The molecule has 0 saturated heterocycles. The number of halogens is 1. The Labute approximate surface area is 111 Å². The third-order valence-electron chi connectivity index (χ3n) is 2.89. The number of rotatable bonds is 5. The van der Waals surface area contributed by atoms with Gasteiger partial charge < -0.3 is 4.74 Å². The molecule has 1 aromatic rings. The Balaban J connectivity index is 2.12. The molecule has 0 bridgehead atoms. The van der Waals surface area contributed by atoms with Crippen LogP contribution in [-0.2, 0) is 4.74 Å². The van der Waals surface area contributed by atoms with E-state index in [1.54, 1.807) is 6.07 Å². The fraction of sp³-hybridized carbons (Fsp3) is 0.357. The van der Waals surface area contributed by atoms with Crippen LogP contribution < -0.4 is 0 Å². The van der Waals surface area contributed by atoms with Crippen LogP contribution >= 0.6 is 0 Å². The first-order valence-corrected chi connectivity index (χ1v) is 6.03. The standard InChI is InChI=1S/C14H16FN3O/c1-10(19-14(2)5-6-14)8-11(15)13(16-3)12-4-7-17-9-18-12/h4,7-9H,1,5-6H2,2-3H3/b11-8-,16-13?. The minimum atomic E-state index is -0.518. The fourth-order valence-corrected chi connectivity index (χ4v) is 1.61. The van der Waals surface area contributed by atoms with Crippen LogP contribution in [0, 0.1) is 0 Å². The number of ether oxygens (including phenoxy) is 1. The van der Waals surface area contributed by atoms with E-state index in [4.69, 9.17) is 4.74 Å². The lowest BCUT2D eigenvalue weighted by molar-refractivity contribution is 0.120. The highest BCUT2D eigenvalue weighted by Crippen LogP contribution is 2.40. The molecule has 19 heavy (non-hydrogen) atoms.